The van der Waals surface area contributed by atoms with Gasteiger partial charge in [0.05, 0.1) is 23.5 Å². The van der Waals surface area contributed by atoms with Crippen LogP contribution in [0.2, 0.25) is 0 Å². The standard InChI is InChI=1S/C15H26N4O2/c1-15(2,3)19-10-12(8-16-19)17-14(21)18(4)9-11-6-5-7-13(11)20/h8,10-11,13,20H,5-7,9H2,1-4H3,(H,17,21). The zero-order valence-electron chi connectivity index (χ0n) is 13.3. The fourth-order valence-corrected chi connectivity index (χ4v) is 2.64. The van der Waals surface area contributed by atoms with Gasteiger partial charge >= 0.3 is 6.03 Å². The molecule has 0 aromatic carbocycles. The second kappa shape index (κ2) is 6.05. The van der Waals surface area contributed by atoms with E-state index in [2.05, 4.69) is 31.2 Å². The van der Waals surface area contributed by atoms with Crippen molar-refractivity contribution in [3.8, 4) is 0 Å². The van der Waals surface area contributed by atoms with Crippen LogP contribution >= 0.6 is 0 Å². The molecule has 1 saturated carbocycles. The number of amides is 2. The molecule has 2 N–H and O–H groups in total. The molecule has 0 radical (unpaired) electrons. The van der Waals surface area contributed by atoms with Gasteiger partial charge in [-0.25, -0.2) is 4.79 Å². The highest BCUT2D eigenvalue weighted by atomic mass is 16.3. The molecule has 0 bridgehead atoms. The number of rotatable bonds is 3. The van der Waals surface area contributed by atoms with E-state index >= 15 is 0 Å². The van der Waals surface area contributed by atoms with Gasteiger partial charge in [0.25, 0.3) is 0 Å². The maximum absolute atomic E-state index is 12.2. The summed E-state index contributed by atoms with van der Waals surface area (Å²) in [7, 11) is 1.76. The van der Waals surface area contributed by atoms with Gasteiger partial charge in [0.2, 0.25) is 0 Å². The summed E-state index contributed by atoms with van der Waals surface area (Å²) >= 11 is 0. The zero-order valence-corrected chi connectivity index (χ0v) is 13.3. The summed E-state index contributed by atoms with van der Waals surface area (Å²) in [6.07, 6.45) is 6.08. The van der Waals surface area contributed by atoms with E-state index in [9.17, 15) is 9.90 Å². The van der Waals surface area contributed by atoms with Gasteiger partial charge in [0.15, 0.2) is 0 Å². The molecule has 6 heteroatoms. The van der Waals surface area contributed by atoms with E-state index in [1.807, 2.05) is 10.9 Å². The van der Waals surface area contributed by atoms with Crippen molar-refractivity contribution in [1.82, 2.24) is 14.7 Å². The Morgan fingerprint density at radius 1 is 1.52 bits per heavy atom. The number of aromatic nitrogens is 2. The lowest BCUT2D eigenvalue weighted by Crippen LogP contribution is -2.37. The number of anilines is 1. The van der Waals surface area contributed by atoms with Crippen LogP contribution in [-0.4, -0.2) is 45.5 Å². The van der Waals surface area contributed by atoms with E-state index in [-0.39, 0.29) is 23.6 Å². The van der Waals surface area contributed by atoms with Crippen LogP contribution in [0.5, 0.6) is 0 Å². The monoisotopic (exact) mass is 294 g/mol. The second-order valence-electron chi connectivity index (χ2n) is 6.91. The molecular formula is C15H26N4O2. The van der Waals surface area contributed by atoms with Crippen LogP contribution in [0.15, 0.2) is 12.4 Å². The summed E-state index contributed by atoms with van der Waals surface area (Å²) in [5, 5.41) is 16.9. The first kappa shape index (κ1) is 15.8. The van der Waals surface area contributed by atoms with Crippen LogP contribution in [0.3, 0.4) is 0 Å². The topological polar surface area (TPSA) is 70.4 Å². The highest BCUT2D eigenvalue weighted by molar-refractivity contribution is 5.88. The van der Waals surface area contributed by atoms with Crippen molar-refractivity contribution >= 4 is 11.7 Å². The van der Waals surface area contributed by atoms with E-state index in [1.165, 1.54) is 0 Å². The van der Waals surface area contributed by atoms with Crippen LogP contribution in [0, 0.1) is 5.92 Å². The Labute approximate surface area is 126 Å². The van der Waals surface area contributed by atoms with Crippen molar-refractivity contribution in [1.29, 1.82) is 0 Å². The number of aliphatic hydroxyl groups excluding tert-OH is 1. The third-order valence-corrected chi connectivity index (χ3v) is 4.00. The van der Waals surface area contributed by atoms with Gasteiger partial charge < -0.3 is 15.3 Å². The minimum absolute atomic E-state index is 0.108. The Kier molecular flexibility index (Phi) is 4.56. The highest BCUT2D eigenvalue weighted by Crippen LogP contribution is 2.26. The minimum atomic E-state index is -0.274. The van der Waals surface area contributed by atoms with Gasteiger partial charge in [-0.3, -0.25) is 4.68 Å². The number of hydrogen-bond acceptors (Lipinski definition) is 3. The van der Waals surface area contributed by atoms with Crippen LogP contribution < -0.4 is 5.32 Å². The van der Waals surface area contributed by atoms with Crippen LogP contribution in [-0.2, 0) is 5.54 Å². The zero-order chi connectivity index (χ0) is 15.6. The maximum Gasteiger partial charge on any atom is 0.321 e. The van der Waals surface area contributed by atoms with Crippen molar-refractivity contribution in [2.24, 2.45) is 5.92 Å². The molecule has 0 aliphatic heterocycles. The molecule has 0 saturated heterocycles. The quantitative estimate of drug-likeness (QED) is 0.898. The summed E-state index contributed by atoms with van der Waals surface area (Å²) in [4.78, 5) is 13.8. The lowest BCUT2D eigenvalue weighted by molar-refractivity contribution is 0.116. The molecule has 2 atom stereocenters. The van der Waals surface area contributed by atoms with Crippen LogP contribution in [0.1, 0.15) is 40.0 Å². The van der Waals surface area contributed by atoms with Crippen LogP contribution in [0.25, 0.3) is 0 Å². The number of carbonyl (C=O) groups excluding carboxylic acids is 1. The molecule has 1 aliphatic rings. The molecule has 1 aromatic heterocycles. The lowest BCUT2D eigenvalue weighted by atomic mass is 10.1. The Bertz CT molecular complexity index is 492. The molecule has 2 unspecified atom stereocenters. The molecule has 1 fully saturated rings. The van der Waals surface area contributed by atoms with E-state index in [4.69, 9.17) is 0 Å². The Morgan fingerprint density at radius 3 is 2.76 bits per heavy atom. The Balaban J connectivity index is 1.90. The number of carbonyl (C=O) groups is 1. The van der Waals surface area contributed by atoms with Crippen molar-refractivity contribution in [2.75, 3.05) is 18.9 Å². The molecule has 21 heavy (non-hydrogen) atoms. The number of nitrogens with zero attached hydrogens (tertiary/aromatic N) is 3. The second-order valence-corrected chi connectivity index (χ2v) is 6.91. The Morgan fingerprint density at radius 2 is 2.24 bits per heavy atom. The first-order valence-corrected chi connectivity index (χ1v) is 7.52. The number of nitrogens with one attached hydrogen (secondary N) is 1. The molecule has 0 spiro atoms. The van der Waals surface area contributed by atoms with Gasteiger partial charge in [-0.2, -0.15) is 5.10 Å². The van der Waals surface area contributed by atoms with Crippen molar-refractivity contribution < 1.29 is 9.90 Å². The predicted molar refractivity (Wildman–Crippen MR) is 82.2 cm³/mol. The van der Waals surface area contributed by atoms with Crippen molar-refractivity contribution in [3.05, 3.63) is 12.4 Å². The number of urea groups is 1. The number of aliphatic hydroxyl groups is 1. The molecule has 1 heterocycles. The molecule has 6 nitrogen and oxygen atoms in total. The fraction of sp³-hybridized carbons (Fsp3) is 0.733. The summed E-state index contributed by atoms with van der Waals surface area (Å²) in [6, 6.07) is -0.164. The highest BCUT2D eigenvalue weighted by Gasteiger charge is 2.27. The Hall–Kier alpha value is -1.56. The first-order valence-electron chi connectivity index (χ1n) is 7.52. The van der Waals surface area contributed by atoms with E-state index in [0.717, 1.165) is 19.3 Å². The number of hydrogen-bond donors (Lipinski definition) is 2. The van der Waals surface area contributed by atoms with Gasteiger partial charge in [-0.15, -0.1) is 0 Å². The maximum atomic E-state index is 12.2. The summed E-state index contributed by atoms with van der Waals surface area (Å²) < 4.78 is 1.82. The molecule has 2 rings (SSSR count). The normalized spacial score (nSPS) is 22.3. The summed E-state index contributed by atoms with van der Waals surface area (Å²) in [5.74, 6) is 0.193. The van der Waals surface area contributed by atoms with Crippen LogP contribution in [0.4, 0.5) is 10.5 Å². The third kappa shape index (κ3) is 3.97. The predicted octanol–water partition coefficient (Wildman–Crippen LogP) is 2.26. The van der Waals surface area contributed by atoms with Gasteiger partial charge in [0.1, 0.15) is 0 Å². The first-order chi connectivity index (χ1) is 9.77. The van der Waals surface area contributed by atoms with Gasteiger partial charge in [-0.1, -0.05) is 6.42 Å². The van der Waals surface area contributed by atoms with Gasteiger partial charge in [-0.05, 0) is 33.6 Å². The van der Waals surface area contributed by atoms with E-state index in [1.54, 1.807) is 18.1 Å². The largest absolute Gasteiger partial charge is 0.393 e. The minimum Gasteiger partial charge on any atom is -0.393 e. The lowest BCUT2D eigenvalue weighted by Gasteiger charge is -2.23. The average molecular weight is 294 g/mol. The van der Waals surface area contributed by atoms with Crippen molar-refractivity contribution in [2.45, 2.75) is 51.7 Å². The van der Waals surface area contributed by atoms with Crippen molar-refractivity contribution in [3.63, 3.8) is 0 Å². The fourth-order valence-electron chi connectivity index (χ4n) is 2.64. The molecule has 1 aromatic rings. The third-order valence-electron chi connectivity index (χ3n) is 4.00. The smallest absolute Gasteiger partial charge is 0.321 e. The molecular weight excluding hydrogens is 268 g/mol. The van der Waals surface area contributed by atoms with E-state index < -0.39 is 0 Å². The molecule has 118 valence electrons. The van der Waals surface area contributed by atoms with Gasteiger partial charge in [0, 0.05) is 25.7 Å². The molecule has 1 aliphatic carbocycles. The summed E-state index contributed by atoms with van der Waals surface area (Å²) in [5.41, 5.74) is 0.580. The average Bonchev–Trinajstić information content (AvgIpc) is 2.99. The summed E-state index contributed by atoms with van der Waals surface area (Å²) in [6.45, 7) is 6.75. The SMILES string of the molecule is CN(CC1CCCC1O)C(=O)Nc1cnn(C(C)(C)C)c1. The van der Waals surface area contributed by atoms with E-state index in [0.29, 0.717) is 12.2 Å². The molecule has 2 amide bonds.